The number of thioether (sulfide) groups is 1. The fourth-order valence-electron chi connectivity index (χ4n) is 3.41. The predicted octanol–water partition coefficient (Wildman–Crippen LogP) is -0.334. The first-order chi connectivity index (χ1) is 12.5. The fourth-order valence-corrected chi connectivity index (χ4v) is 4.17. The second-order valence-corrected chi connectivity index (χ2v) is 7.22. The van der Waals surface area contributed by atoms with Crippen molar-refractivity contribution in [2.75, 3.05) is 57.1 Å². The third-order valence-corrected chi connectivity index (χ3v) is 5.72. The first-order valence-electron chi connectivity index (χ1n) is 8.53. The van der Waals surface area contributed by atoms with Gasteiger partial charge in [-0.2, -0.15) is 0 Å². The quantitative estimate of drug-likeness (QED) is 0.320. The summed E-state index contributed by atoms with van der Waals surface area (Å²) in [6.45, 7) is 7.42. The third-order valence-electron chi connectivity index (χ3n) is 4.68. The van der Waals surface area contributed by atoms with E-state index in [0.717, 1.165) is 26.2 Å². The Hall–Kier alpha value is -2.04. The highest BCUT2D eigenvalue weighted by atomic mass is 32.2. The molecule has 3 heterocycles. The Bertz CT molecular complexity index is 770. The molecule has 1 fully saturated rings. The lowest BCUT2D eigenvalue weighted by molar-refractivity contribution is 0.175. The first kappa shape index (κ1) is 18.7. The van der Waals surface area contributed by atoms with Crippen molar-refractivity contribution < 1.29 is 0 Å². The van der Waals surface area contributed by atoms with Crippen LogP contribution >= 0.6 is 11.8 Å². The molecule has 26 heavy (non-hydrogen) atoms. The van der Waals surface area contributed by atoms with E-state index < -0.39 is 0 Å². The molecule has 0 spiro atoms. The average molecular weight is 379 g/mol. The number of anilines is 2. The number of hydrogen-bond acceptors (Lipinski definition) is 8. The molecule has 1 aromatic rings. The lowest BCUT2D eigenvalue weighted by Crippen LogP contribution is -2.58. The van der Waals surface area contributed by atoms with E-state index in [-0.39, 0.29) is 11.8 Å². The van der Waals surface area contributed by atoms with Gasteiger partial charge in [0, 0.05) is 54.4 Å². The second kappa shape index (κ2) is 7.68. The predicted molar refractivity (Wildman–Crippen MR) is 107 cm³/mol. The lowest BCUT2D eigenvalue weighted by atomic mass is 10.3. The standard InChI is InChI=1S/C16H26N8OS/c1-6-19-14(17-2)26-15-20-12-11(13(25)23(15)5)21(3)16(22(12)4)24-9-7-18-8-10-24/h6,16,18H,1,7-10H2,2-5H3,(H,17,19). The normalized spacial score (nSPS) is 21.1. The van der Waals surface area contributed by atoms with Crippen molar-refractivity contribution in [2.45, 2.75) is 11.4 Å². The number of piperazine rings is 1. The molecule has 1 atom stereocenters. The van der Waals surface area contributed by atoms with Gasteiger partial charge < -0.3 is 20.4 Å². The number of amidine groups is 1. The molecule has 9 nitrogen and oxygen atoms in total. The molecule has 2 aliphatic rings. The van der Waals surface area contributed by atoms with Crippen molar-refractivity contribution in [3.8, 4) is 0 Å². The maximum absolute atomic E-state index is 13.0. The molecular formula is C16H26N8OS. The molecule has 2 N–H and O–H groups in total. The van der Waals surface area contributed by atoms with Crippen LogP contribution in [0.15, 0.2) is 27.7 Å². The van der Waals surface area contributed by atoms with Crippen LogP contribution in [0.5, 0.6) is 0 Å². The zero-order valence-corrected chi connectivity index (χ0v) is 16.5. The minimum absolute atomic E-state index is 0.00170. The summed E-state index contributed by atoms with van der Waals surface area (Å²) in [5.41, 5.74) is 0.577. The molecule has 0 bridgehead atoms. The lowest BCUT2D eigenvalue weighted by Gasteiger charge is -2.39. The Morgan fingerprint density at radius 1 is 1.35 bits per heavy atom. The average Bonchev–Trinajstić information content (AvgIpc) is 2.89. The maximum Gasteiger partial charge on any atom is 0.279 e. The number of nitrogens with zero attached hydrogens (tertiary/aromatic N) is 6. The van der Waals surface area contributed by atoms with E-state index in [0.29, 0.717) is 21.8 Å². The molecule has 0 aromatic carbocycles. The van der Waals surface area contributed by atoms with E-state index in [2.05, 4.69) is 32.0 Å². The molecule has 2 aliphatic heterocycles. The van der Waals surface area contributed by atoms with E-state index in [1.165, 1.54) is 11.8 Å². The molecule has 0 amide bonds. The Kier molecular flexibility index (Phi) is 5.54. The number of fused-ring (bicyclic) bond motifs is 1. The number of rotatable bonds is 3. The zero-order valence-electron chi connectivity index (χ0n) is 15.7. The maximum atomic E-state index is 13.0. The van der Waals surface area contributed by atoms with E-state index >= 15 is 0 Å². The molecular weight excluding hydrogens is 352 g/mol. The monoisotopic (exact) mass is 378 g/mol. The van der Waals surface area contributed by atoms with Crippen LogP contribution in [0.2, 0.25) is 0 Å². The minimum Gasteiger partial charge on any atom is -0.342 e. The van der Waals surface area contributed by atoms with Crippen molar-refractivity contribution in [1.29, 1.82) is 0 Å². The first-order valence-corrected chi connectivity index (χ1v) is 9.34. The molecule has 0 saturated carbocycles. The van der Waals surface area contributed by atoms with Gasteiger partial charge >= 0.3 is 0 Å². The Labute approximate surface area is 157 Å². The highest BCUT2D eigenvalue weighted by Gasteiger charge is 2.39. The minimum atomic E-state index is -0.0569. The number of nitrogens with one attached hydrogen (secondary N) is 2. The summed E-state index contributed by atoms with van der Waals surface area (Å²) >= 11 is 1.31. The SMILES string of the molecule is C=CNC(=NC)Sc1nc2c(c(=O)n1C)N(C)C(N1CCNCC1)N2C. The summed E-state index contributed by atoms with van der Waals surface area (Å²) in [7, 11) is 7.38. The van der Waals surface area contributed by atoms with Crippen LogP contribution in [-0.2, 0) is 7.05 Å². The number of aliphatic imine (C=N–C) groups is 1. The van der Waals surface area contributed by atoms with Crippen LogP contribution in [0, 0.1) is 0 Å². The van der Waals surface area contributed by atoms with Crippen LogP contribution in [-0.4, -0.2) is 73.2 Å². The topological polar surface area (TPSA) is 81.0 Å². The summed E-state index contributed by atoms with van der Waals surface area (Å²) in [4.78, 5) is 28.4. The van der Waals surface area contributed by atoms with Crippen molar-refractivity contribution >= 4 is 28.4 Å². The van der Waals surface area contributed by atoms with E-state index in [9.17, 15) is 4.79 Å². The zero-order chi connectivity index (χ0) is 18.8. The molecule has 1 saturated heterocycles. The summed E-state index contributed by atoms with van der Waals surface area (Å²) in [6, 6.07) is 0. The van der Waals surface area contributed by atoms with Gasteiger partial charge in [-0.15, -0.1) is 0 Å². The van der Waals surface area contributed by atoms with Crippen LogP contribution in [0.3, 0.4) is 0 Å². The Morgan fingerprint density at radius 2 is 2.04 bits per heavy atom. The van der Waals surface area contributed by atoms with Gasteiger partial charge in [0.1, 0.15) is 5.69 Å². The van der Waals surface area contributed by atoms with Gasteiger partial charge in [0.2, 0.25) is 0 Å². The fraction of sp³-hybridized carbons (Fsp3) is 0.562. The van der Waals surface area contributed by atoms with E-state index in [1.54, 1.807) is 24.9 Å². The summed E-state index contributed by atoms with van der Waals surface area (Å²) in [5, 5.41) is 7.55. The molecule has 3 rings (SSSR count). The van der Waals surface area contributed by atoms with Gasteiger partial charge in [-0.1, -0.05) is 6.58 Å². The van der Waals surface area contributed by atoms with Gasteiger partial charge in [-0.05, 0) is 18.0 Å². The highest BCUT2D eigenvalue weighted by molar-refractivity contribution is 8.13. The van der Waals surface area contributed by atoms with Gasteiger partial charge in [-0.3, -0.25) is 19.3 Å². The number of hydrogen-bond donors (Lipinski definition) is 2. The van der Waals surface area contributed by atoms with Crippen molar-refractivity contribution in [3.05, 3.63) is 23.1 Å². The van der Waals surface area contributed by atoms with Crippen LogP contribution in [0.25, 0.3) is 0 Å². The van der Waals surface area contributed by atoms with Crippen molar-refractivity contribution in [2.24, 2.45) is 12.0 Å². The second-order valence-electron chi connectivity index (χ2n) is 6.26. The van der Waals surface area contributed by atoms with Gasteiger partial charge in [-0.25, -0.2) is 4.98 Å². The molecule has 10 heteroatoms. The summed E-state index contributed by atoms with van der Waals surface area (Å²) < 4.78 is 1.57. The smallest absolute Gasteiger partial charge is 0.279 e. The van der Waals surface area contributed by atoms with Gasteiger partial charge in [0.05, 0.1) is 0 Å². The van der Waals surface area contributed by atoms with Crippen molar-refractivity contribution in [1.82, 2.24) is 25.1 Å². The van der Waals surface area contributed by atoms with Gasteiger partial charge in [0.25, 0.3) is 5.56 Å². The summed E-state index contributed by atoms with van der Waals surface area (Å²) in [5.74, 6) is 0.704. The van der Waals surface area contributed by atoms with E-state index in [1.807, 2.05) is 19.0 Å². The van der Waals surface area contributed by atoms with Gasteiger partial charge in [0.15, 0.2) is 22.4 Å². The van der Waals surface area contributed by atoms with Crippen LogP contribution < -0.4 is 26.0 Å². The molecule has 142 valence electrons. The van der Waals surface area contributed by atoms with Crippen molar-refractivity contribution in [3.63, 3.8) is 0 Å². The van der Waals surface area contributed by atoms with Crippen LogP contribution in [0.4, 0.5) is 11.5 Å². The third kappa shape index (κ3) is 3.19. The molecule has 0 aliphatic carbocycles. The number of aromatic nitrogens is 2. The largest absolute Gasteiger partial charge is 0.342 e. The summed E-state index contributed by atoms with van der Waals surface area (Å²) in [6.07, 6.45) is 1.55. The Morgan fingerprint density at radius 3 is 2.65 bits per heavy atom. The molecule has 0 radical (unpaired) electrons. The van der Waals surface area contributed by atoms with E-state index in [4.69, 9.17) is 4.98 Å². The Balaban J connectivity index is 1.97. The molecule has 1 unspecified atom stereocenters. The highest BCUT2D eigenvalue weighted by Crippen LogP contribution is 2.35. The molecule has 1 aromatic heterocycles. The van der Waals surface area contributed by atoms with Crippen LogP contribution in [0.1, 0.15) is 0 Å².